The molecule has 0 spiro atoms. The molecule has 160 valence electrons. The number of ether oxygens (including phenoxy) is 2. The van der Waals surface area contributed by atoms with Crippen LogP contribution in [0.15, 0.2) is 18.2 Å². The minimum atomic E-state index is -1.94. The topological polar surface area (TPSA) is 44.8 Å². The fraction of sp³-hybridized carbons (Fsp3) is 0.696. The monoisotopic (exact) mass is 408 g/mol. The summed E-state index contributed by atoms with van der Waals surface area (Å²) in [7, 11) is -0.299. The molecule has 0 saturated heterocycles. The lowest BCUT2D eigenvalue weighted by Crippen LogP contribution is -2.43. The van der Waals surface area contributed by atoms with Gasteiger partial charge in [-0.1, -0.05) is 65.9 Å². The first-order chi connectivity index (χ1) is 13.1. The van der Waals surface area contributed by atoms with Gasteiger partial charge in [0.1, 0.15) is 12.4 Å². The van der Waals surface area contributed by atoms with Crippen molar-refractivity contribution in [2.45, 2.75) is 97.4 Å². The second-order valence-corrected chi connectivity index (χ2v) is 13.8. The number of carbonyl (C=O) groups is 1. The predicted molar refractivity (Wildman–Crippen MR) is 119 cm³/mol. The van der Waals surface area contributed by atoms with E-state index in [0.29, 0.717) is 12.2 Å². The zero-order chi connectivity index (χ0) is 21.2. The highest BCUT2D eigenvalue weighted by Gasteiger charge is 2.39. The zero-order valence-electron chi connectivity index (χ0n) is 19.0. The van der Waals surface area contributed by atoms with Crippen LogP contribution >= 0.6 is 0 Å². The Balaban J connectivity index is 2.54. The molecule has 0 aliphatic carbocycles. The largest absolute Gasteiger partial charge is 0.541 e. The number of rotatable bonds is 12. The molecule has 0 unspecified atom stereocenters. The first kappa shape index (κ1) is 24.5. The van der Waals surface area contributed by atoms with E-state index in [-0.39, 0.29) is 17.6 Å². The van der Waals surface area contributed by atoms with Gasteiger partial charge in [0.25, 0.3) is 8.32 Å². The molecule has 0 atom stereocenters. The van der Waals surface area contributed by atoms with Gasteiger partial charge in [-0.15, -0.1) is 0 Å². The van der Waals surface area contributed by atoms with Gasteiger partial charge >= 0.3 is 5.97 Å². The minimum Gasteiger partial charge on any atom is -0.541 e. The van der Waals surface area contributed by atoms with Crippen LogP contribution in [0.25, 0.3) is 0 Å². The Bertz CT molecular complexity index is 605. The van der Waals surface area contributed by atoms with Gasteiger partial charge < -0.3 is 13.9 Å². The number of hydrogen-bond acceptors (Lipinski definition) is 4. The summed E-state index contributed by atoms with van der Waals surface area (Å²) < 4.78 is 17.3. The first-order valence-electron chi connectivity index (χ1n) is 10.6. The molecule has 5 heteroatoms. The standard InChI is InChI=1S/C23H40O4Si/c1-8-9-10-11-12-13-14-22(24)26-18-19-15-16-20(21(17-19)25-5)27-28(6,7)23(2,3)4/h15-17H,8-14,18H2,1-7H3. The number of esters is 1. The molecule has 0 aliphatic heterocycles. The lowest BCUT2D eigenvalue weighted by molar-refractivity contribution is -0.145. The summed E-state index contributed by atoms with van der Waals surface area (Å²) in [5.74, 6) is 1.32. The molecule has 0 fully saturated rings. The lowest BCUT2D eigenvalue weighted by atomic mass is 10.1. The summed E-state index contributed by atoms with van der Waals surface area (Å²) in [6.45, 7) is 13.5. The lowest BCUT2D eigenvalue weighted by Gasteiger charge is -2.36. The Hall–Kier alpha value is -1.49. The maximum absolute atomic E-state index is 12.0. The summed E-state index contributed by atoms with van der Waals surface area (Å²) in [6.07, 6.45) is 7.48. The second kappa shape index (κ2) is 11.5. The maximum Gasteiger partial charge on any atom is 0.306 e. The van der Waals surface area contributed by atoms with Gasteiger partial charge in [0.05, 0.1) is 7.11 Å². The molecule has 0 aliphatic rings. The molecule has 0 amide bonds. The average molecular weight is 409 g/mol. The number of hydrogen-bond donors (Lipinski definition) is 0. The molecule has 0 N–H and O–H groups in total. The van der Waals surface area contributed by atoms with Crippen LogP contribution in [0.3, 0.4) is 0 Å². The van der Waals surface area contributed by atoms with Crippen LogP contribution in [0.2, 0.25) is 18.1 Å². The van der Waals surface area contributed by atoms with E-state index in [1.54, 1.807) is 7.11 Å². The Labute approximate surface area is 173 Å². The molecule has 0 bridgehead atoms. The highest BCUT2D eigenvalue weighted by atomic mass is 28.4. The van der Waals surface area contributed by atoms with Crippen molar-refractivity contribution in [2.75, 3.05) is 7.11 Å². The van der Waals surface area contributed by atoms with Crippen molar-refractivity contribution in [1.29, 1.82) is 0 Å². The fourth-order valence-electron chi connectivity index (χ4n) is 2.60. The van der Waals surface area contributed by atoms with Crippen LogP contribution < -0.4 is 9.16 Å². The number of unbranched alkanes of at least 4 members (excludes halogenated alkanes) is 5. The van der Waals surface area contributed by atoms with E-state index in [0.717, 1.165) is 24.2 Å². The van der Waals surface area contributed by atoms with Crippen molar-refractivity contribution in [2.24, 2.45) is 0 Å². The van der Waals surface area contributed by atoms with Crippen molar-refractivity contribution < 1.29 is 18.7 Å². The molecule has 4 nitrogen and oxygen atoms in total. The second-order valence-electron chi connectivity index (χ2n) is 9.03. The average Bonchev–Trinajstić information content (AvgIpc) is 2.62. The third kappa shape index (κ3) is 8.25. The van der Waals surface area contributed by atoms with Crippen molar-refractivity contribution in [3.05, 3.63) is 23.8 Å². The quantitative estimate of drug-likeness (QED) is 0.215. The number of carbonyl (C=O) groups excluding carboxylic acids is 1. The van der Waals surface area contributed by atoms with E-state index >= 15 is 0 Å². The van der Waals surface area contributed by atoms with Crippen molar-refractivity contribution in [3.63, 3.8) is 0 Å². The van der Waals surface area contributed by atoms with Crippen molar-refractivity contribution in [1.82, 2.24) is 0 Å². The molecule has 0 heterocycles. The van der Waals surface area contributed by atoms with E-state index in [1.165, 1.54) is 25.7 Å². The van der Waals surface area contributed by atoms with Gasteiger partial charge in [-0.3, -0.25) is 4.79 Å². The highest BCUT2D eigenvalue weighted by molar-refractivity contribution is 6.74. The zero-order valence-corrected chi connectivity index (χ0v) is 20.0. The van der Waals surface area contributed by atoms with Gasteiger partial charge in [0, 0.05) is 6.42 Å². The molecule has 0 radical (unpaired) electrons. The van der Waals surface area contributed by atoms with Gasteiger partial charge in [-0.25, -0.2) is 0 Å². The van der Waals surface area contributed by atoms with E-state index in [4.69, 9.17) is 13.9 Å². The van der Waals surface area contributed by atoms with Gasteiger partial charge in [0.15, 0.2) is 5.75 Å². The normalized spacial score (nSPS) is 12.0. The Morgan fingerprint density at radius 1 is 1.00 bits per heavy atom. The fourth-order valence-corrected chi connectivity index (χ4v) is 3.62. The van der Waals surface area contributed by atoms with Gasteiger partial charge in [0.2, 0.25) is 0 Å². The third-order valence-electron chi connectivity index (χ3n) is 5.53. The van der Waals surface area contributed by atoms with Crippen LogP contribution in [-0.4, -0.2) is 21.4 Å². The SMILES string of the molecule is CCCCCCCCC(=O)OCc1ccc(O[Si](C)(C)C(C)(C)C)c(OC)c1. The molecule has 0 saturated carbocycles. The highest BCUT2D eigenvalue weighted by Crippen LogP contribution is 2.40. The summed E-state index contributed by atoms with van der Waals surface area (Å²) in [4.78, 5) is 12.0. The molecule has 28 heavy (non-hydrogen) atoms. The van der Waals surface area contributed by atoms with E-state index in [2.05, 4.69) is 40.8 Å². The number of methoxy groups -OCH3 is 1. The van der Waals surface area contributed by atoms with E-state index in [1.807, 2.05) is 18.2 Å². The van der Waals surface area contributed by atoms with Gasteiger partial charge in [-0.05, 0) is 42.2 Å². The number of benzene rings is 1. The van der Waals surface area contributed by atoms with Crippen LogP contribution in [0, 0.1) is 0 Å². The summed E-state index contributed by atoms with van der Waals surface area (Å²) in [5, 5.41) is 0.114. The summed E-state index contributed by atoms with van der Waals surface area (Å²) >= 11 is 0. The third-order valence-corrected chi connectivity index (χ3v) is 9.88. The Morgan fingerprint density at radius 3 is 2.25 bits per heavy atom. The van der Waals surface area contributed by atoms with Crippen molar-refractivity contribution in [3.8, 4) is 11.5 Å². The molecule has 0 aromatic heterocycles. The first-order valence-corrected chi connectivity index (χ1v) is 13.5. The molecular weight excluding hydrogens is 368 g/mol. The molecule has 1 aromatic rings. The summed E-state index contributed by atoms with van der Waals surface area (Å²) in [5.41, 5.74) is 0.913. The summed E-state index contributed by atoms with van der Waals surface area (Å²) in [6, 6.07) is 5.78. The molecule has 1 aromatic carbocycles. The molecular formula is C23H40O4Si. The van der Waals surface area contributed by atoms with Crippen LogP contribution in [0.5, 0.6) is 11.5 Å². The minimum absolute atomic E-state index is 0.114. The molecule has 1 rings (SSSR count). The smallest absolute Gasteiger partial charge is 0.306 e. The van der Waals surface area contributed by atoms with Crippen LogP contribution in [0.4, 0.5) is 0 Å². The van der Waals surface area contributed by atoms with E-state index in [9.17, 15) is 4.79 Å². The Kier molecular flexibility index (Phi) is 10.1. The van der Waals surface area contributed by atoms with Crippen molar-refractivity contribution >= 4 is 14.3 Å². The Morgan fingerprint density at radius 2 is 1.64 bits per heavy atom. The van der Waals surface area contributed by atoms with E-state index < -0.39 is 8.32 Å². The predicted octanol–water partition coefficient (Wildman–Crippen LogP) is 6.87. The van der Waals surface area contributed by atoms with Crippen LogP contribution in [0.1, 0.15) is 78.2 Å². The van der Waals surface area contributed by atoms with Crippen LogP contribution in [-0.2, 0) is 16.1 Å². The maximum atomic E-state index is 12.0. The van der Waals surface area contributed by atoms with Gasteiger partial charge in [-0.2, -0.15) is 0 Å².